The Labute approximate surface area is 85.2 Å². The van der Waals surface area contributed by atoms with Crippen molar-refractivity contribution in [2.45, 2.75) is 6.92 Å². The first-order valence-corrected chi connectivity index (χ1v) is 4.99. The second-order valence-electron chi connectivity index (χ2n) is 2.97. The molecule has 0 unspecified atom stereocenters. The van der Waals surface area contributed by atoms with Crippen molar-refractivity contribution in [1.29, 1.82) is 0 Å². The van der Waals surface area contributed by atoms with Crippen LogP contribution >= 0.6 is 11.3 Å². The highest BCUT2D eigenvalue weighted by Gasteiger charge is 2.14. The molecule has 0 atom stereocenters. The van der Waals surface area contributed by atoms with E-state index in [1.165, 1.54) is 11.3 Å². The number of aryl methyl sites for hydroxylation is 2. The van der Waals surface area contributed by atoms with Crippen molar-refractivity contribution in [2.75, 3.05) is 0 Å². The van der Waals surface area contributed by atoms with Gasteiger partial charge in [-0.3, -0.25) is 4.79 Å². The fourth-order valence-electron chi connectivity index (χ4n) is 1.17. The van der Waals surface area contributed by atoms with Gasteiger partial charge in [0.2, 0.25) is 5.78 Å². The first-order chi connectivity index (χ1) is 6.68. The maximum absolute atomic E-state index is 11.8. The molecule has 5 heteroatoms. The van der Waals surface area contributed by atoms with E-state index in [0.717, 1.165) is 5.01 Å². The molecule has 2 aromatic heterocycles. The van der Waals surface area contributed by atoms with Crippen LogP contribution in [0.1, 0.15) is 21.2 Å². The van der Waals surface area contributed by atoms with Crippen molar-refractivity contribution in [3.8, 4) is 0 Å². The Morgan fingerprint density at radius 2 is 2.36 bits per heavy atom. The van der Waals surface area contributed by atoms with E-state index in [1.807, 2.05) is 6.92 Å². The minimum atomic E-state index is -0.0747. The highest BCUT2D eigenvalue weighted by Crippen LogP contribution is 2.12. The summed E-state index contributed by atoms with van der Waals surface area (Å²) in [6.45, 7) is 1.88. The smallest absolute Gasteiger partial charge is 0.230 e. The van der Waals surface area contributed by atoms with Crippen molar-refractivity contribution in [1.82, 2.24) is 14.5 Å². The second kappa shape index (κ2) is 3.34. The SMILES string of the molecule is Cc1nc(C(=O)c2cncn2C)cs1. The molecule has 0 aliphatic heterocycles. The largest absolute Gasteiger partial charge is 0.331 e. The lowest BCUT2D eigenvalue weighted by Gasteiger charge is -1.96. The summed E-state index contributed by atoms with van der Waals surface area (Å²) in [5.74, 6) is -0.0747. The maximum atomic E-state index is 11.8. The number of nitrogens with zero attached hydrogens (tertiary/aromatic N) is 3. The zero-order valence-corrected chi connectivity index (χ0v) is 8.71. The van der Waals surface area contributed by atoms with Crippen LogP contribution in [-0.4, -0.2) is 20.3 Å². The predicted molar refractivity (Wildman–Crippen MR) is 53.5 cm³/mol. The van der Waals surface area contributed by atoms with Gasteiger partial charge >= 0.3 is 0 Å². The van der Waals surface area contributed by atoms with Crippen molar-refractivity contribution in [3.05, 3.63) is 34.3 Å². The molecule has 72 valence electrons. The van der Waals surface area contributed by atoms with E-state index in [4.69, 9.17) is 0 Å². The number of carbonyl (C=O) groups is 1. The van der Waals surface area contributed by atoms with Gasteiger partial charge in [-0.15, -0.1) is 11.3 Å². The van der Waals surface area contributed by atoms with Crippen LogP contribution in [0, 0.1) is 6.92 Å². The number of rotatable bonds is 2. The van der Waals surface area contributed by atoms with Gasteiger partial charge in [0.25, 0.3) is 0 Å². The summed E-state index contributed by atoms with van der Waals surface area (Å²) >= 11 is 1.47. The number of hydrogen-bond donors (Lipinski definition) is 0. The molecular weight excluding hydrogens is 198 g/mol. The average molecular weight is 207 g/mol. The van der Waals surface area contributed by atoms with E-state index in [1.54, 1.807) is 29.5 Å². The highest BCUT2D eigenvalue weighted by atomic mass is 32.1. The van der Waals surface area contributed by atoms with Gasteiger partial charge in [0, 0.05) is 12.4 Å². The Balaban J connectivity index is 2.38. The molecule has 14 heavy (non-hydrogen) atoms. The van der Waals surface area contributed by atoms with Gasteiger partial charge in [-0.25, -0.2) is 9.97 Å². The lowest BCUT2D eigenvalue weighted by Crippen LogP contribution is -2.06. The van der Waals surface area contributed by atoms with Gasteiger partial charge in [0.15, 0.2) is 0 Å². The van der Waals surface area contributed by atoms with Gasteiger partial charge < -0.3 is 4.57 Å². The summed E-state index contributed by atoms with van der Waals surface area (Å²) < 4.78 is 1.69. The predicted octanol–water partition coefficient (Wildman–Crippen LogP) is 1.42. The molecule has 0 saturated carbocycles. The molecule has 0 spiro atoms. The van der Waals surface area contributed by atoms with Crippen LogP contribution in [0.15, 0.2) is 17.9 Å². The van der Waals surface area contributed by atoms with Gasteiger partial charge in [-0.05, 0) is 6.92 Å². The quantitative estimate of drug-likeness (QED) is 0.700. The third-order valence-corrected chi connectivity index (χ3v) is 2.67. The van der Waals surface area contributed by atoms with Crippen LogP contribution in [0.4, 0.5) is 0 Å². The van der Waals surface area contributed by atoms with Gasteiger partial charge in [0.05, 0.1) is 17.5 Å². The molecule has 0 aromatic carbocycles. The fourth-order valence-corrected chi connectivity index (χ4v) is 1.77. The summed E-state index contributed by atoms with van der Waals surface area (Å²) in [7, 11) is 1.79. The van der Waals surface area contributed by atoms with E-state index >= 15 is 0 Å². The number of imidazole rings is 1. The van der Waals surface area contributed by atoms with Crippen molar-refractivity contribution >= 4 is 17.1 Å². The van der Waals surface area contributed by atoms with Crippen LogP contribution in [0.2, 0.25) is 0 Å². The van der Waals surface area contributed by atoms with Gasteiger partial charge in [-0.1, -0.05) is 0 Å². The zero-order chi connectivity index (χ0) is 10.1. The molecular formula is C9H9N3OS. The summed E-state index contributed by atoms with van der Waals surface area (Å²) in [4.78, 5) is 19.9. The Morgan fingerprint density at radius 1 is 1.57 bits per heavy atom. The van der Waals surface area contributed by atoms with Crippen LogP contribution in [0.25, 0.3) is 0 Å². The monoisotopic (exact) mass is 207 g/mol. The normalized spacial score (nSPS) is 10.4. The van der Waals surface area contributed by atoms with Crippen LogP contribution in [0.5, 0.6) is 0 Å². The molecule has 2 rings (SSSR count). The molecule has 2 aromatic rings. The van der Waals surface area contributed by atoms with E-state index < -0.39 is 0 Å². The summed E-state index contributed by atoms with van der Waals surface area (Å²) in [5, 5.41) is 2.67. The Hall–Kier alpha value is -1.49. The van der Waals surface area contributed by atoms with Crippen LogP contribution in [0.3, 0.4) is 0 Å². The summed E-state index contributed by atoms with van der Waals surface area (Å²) in [5.41, 5.74) is 1.06. The van der Waals surface area contributed by atoms with Crippen LogP contribution < -0.4 is 0 Å². The summed E-state index contributed by atoms with van der Waals surface area (Å²) in [6, 6.07) is 0. The van der Waals surface area contributed by atoms with E-state index in [0.29, 0.717) is 11.4 Å². The first-order valence-electron chi connectivity index (χ1n) is 4.11. The Bertz CT molecular complexity index is 472. The molecule has 0 N–H and O–H groups in total. The molecule has 0 saturated heterocycles. The fraction of sp³-hybridized carbons (Fsp3) is 0.222. The number of ketones is 1. The number of hydrogen-bond acceptors (Lipinski definition) is 4. The maximum Gasteiger partial charge on any atom is 0.230 e. The number of thiazole rings is 1. The highest BCUT2D eigenvalue weighted by molar-refractivity contribution is 7.09. The van der Waals surface area contributed by atoms with E-state index in [2.05, 4.69) is 9.97 Å². The lowest BCUT2D eigenvalue weighted by atomic mass is 10.2. The van der Waals surface area contributed by atoms with Gasteiger partial charge in [-0.2, -0.15) is 0 Å². The van der Waals surface area contributed by atoms with Crippen LogP contribution in [-0.2, 0) is 7.05 Å². The average Bonchev–Trinajstić information content (AvgIpc) is 2.73. The lowest BCUT2D eigenvalue weighted by molar-refractivity contribution is 0.102. The first kappa shape index (κ1) is 9.08. The minimum Gasteiger partial charge on any atom is -0.331 e. The van der Waals surface area contributed by atoms with E-state index in [-0.39, 0.29) is 5.78 Å². The number of aromatic nitrogens is 3. The molecule has 0 bridgehead atoms. The van der Waals surface area contributed by atoms with Crippen molar-refractivity contribution < 1.29 is 4.79 Å². The Morgan fingerprint density at radius 3 is 2.86 bits per heavy atom. The summed E-state index contributed by atoms with van der Waals surface area (Å²) in [6.07, 6.45) is 3.16. The zero-order valence-electron chi connectivity index (χ0n) is 7.89. The molecule has 0 amide bonds. The number of carbonyl (C=O) groups excluding carboxylic acids is 1. The molecule has 0 aliphatic carbocycles. The second-order valence-corrected chi connectivity index (χ2v) is 4.03. The third-order valence-electron chi connectivity index (χ3n) is 1.90. The van der Waals surface area contributed by atoms with Crippen molar-refractivity contribution in [2.24, 2.45) is 7.05 Å². The van der Waals surface area contributed by atoms with Gasteiger partial charge in [0.1, 0.15) is 11.4 Å². The third kappa shape index (κ3) is 1.46. The molecule has 0 fully saturated rings. The topological polar surface area (TPSA) is 47.8 Å². The molecule has 4 nitrogen and oxygen atoms in total. The molecule has 2 heterocycles. The Kier molecular flexibility index (Phi) is 2.17. The standard InChI is InChI=1S/C9H9N3OS/c1-6-11-7(4-14-6)9(13)8-3-10-5-12(8)2/h3-5H,1-2H3. The minimum absolute atomic E-state index is 0.0747. The van der Waals surface area contributed by atoms with E-state index in [9.17, 15) is 4.79 Å². The van der Waals surface area contributed by atoms with Crippen molar-refractivity contribution in [3.63, 3.8) is 0 Å². The molecule has 0 aliphatic rings. The molecule has 0 radical (unpaired) electrons.